The van der Waals surface area contributed by atoms with Gasteiger partial charge in [-0.05, 0) is 38.1 Å². The second-order valence-corrected chi connectivity index (χ2v) is 6.05. The Labute approximate surface area is 153 Å². The topological polar surface area (TPSA) is 55.7 Å². The second kappa shape index (κ2) is 7.22. The van der Waals surface area contributed by atoms with Crippen molar-refractivity contribution in [2.75, 3.05) is 0 Å². The highest BCUT2D eigenvalue weighted by molar-refractivity contribution is 5.39. The molecular formula is C19H17F3N4O. The lowest BCUT2D eigenvalue weighted by Crippen LogP contribution is -2.38. The fourth-order valence-corrected chi connectivity index (χ4v) is 2.27. The van der Waals surface area contributed by atoms with Gasteiger partial charge in [0.2, 0.25) is 5.49 Å². The largest absolute Gasteiger partial charge is 0.470 e. The summed E-state index contributed by atoms with van der Waals surface area (Å²) in [5.74, 6) is -1.39. The summed E-state index contributed by atoms with van der Waals surface area (Å²) in [5.41, 5.74) is 2.85. The van der Waals surface area contributed by atoms with Crippen LogP contribution in [0.5, 0.6) is 0 Å². The average molecular weight is 374 g/mol. The Morgan fingerprint density at radius 1 is 0.852 bits per heavy atom. The molecule has 27 heavy (non-hydrogen) atoms. The number of nitrogens with zero attached hydrogens (tertiary/aromatic N) is 4. The van der Waals surface area contributed by atoms with Crippen molar-refractivity contribution in [2.45, 2.75) is 20.0 Å². The second-order valence-electron chi connectivity index (χ2n) is 6.05. The van der Waals surface area contributed by atoms with Gasteiger partial charge in [-0.25, -0.2) is 14.7 Å². The number of alkyl halides is 3. The normalized spacial score (nSPS) is 13.3. The van der Waals surface area contributed by atoms with Crippen LogP contribution in [0.2, 0.25) is 0 Å². The number of halogens is 3. The summed E-state index contributed by atoms with van der Waals surface area (Å²) < 4.78 is 45.3. The molecule has 0 fully saturated rings. The summed E-state index contributed by atoms with van der Waals surface area (Å²) in [7, 11) is 1.37. The lowest BCUT2D eigenvalue weighted by Gasteiger charge is -2.07. The molecule has 5 nitrogen and oxygen atoms in total. The van der Waals surface area contributed by atoms with E-state index in [9.17, 15) is 13.2 Å². The molecular weight excluding hydrogens is 357 g/mol. The zero-order valence-electron chi connectivity index (χ0n) is 14.9. The van der Waals surface area contributed by atoms with Crippen LogP contribution in [-0.2, 0) is 13.2 Å². The fraction of sp³-hybridized carbons (Fsp3) is 0.211. The zero-order valence-corrected chi connectivity index (χ0v) is 14.9. The first-order valence-corrected chi connectivity index (χ1v) is 8.11. The highest BCUT2D eigenvalue weighted by Gasteiger charge is 2.37. The number of rotatable bonds is 2. The summed E-state index contributed by atoms with van der Waals surface area (Å²) in [6.45, 7) is 3.83. The van der Waals surface area contributed by atoms with Gasteiger partial charge < -0.3 is 4.42 Å². The minimum absolute atomic E-state index is 0.0763. The van der Waals surface area contributed by atoms with E-state index in [4.69, 9.17) is 4.42 Å². The monoisotopic (exact) mass is 374 g/mol. The molecule has 0 aliphatic heterocycles. The molecule has 1 heterocycles. The fourth-order valence-electron chi connectivity index (χ4n) is 2.27. The first-order valence-electron chi connectivity index (χ1n) is 8.11. The molecule has 0 aliphatic rings. The highest BCUT2D eigenvalue weighted by atomic mass is 19.4. The highest BCUT2D eigenvalue weighted by Crippen LogP contribution is 2.25. The van der Waals surface area contributed by atoms with E-state index in [-0.39, 0.29) is 11.0 Å². The van der Waals surface area contributed by atoms with Crippen LogP contribution in [0.1, 0.15) is 17.0 Å². The third kappa shape index (κ3) is 4.52. The average Bonchev–Trinajstić information content (AvgIpc) is 2.60. The maximum absolute atomic E-state index is 13.1. The van der Waals surface area contributed by atoms with Gasteiger partial charge in [0.1, 0.15) is 0 Å². The molecule has 0 spiro atoms. The maximum Gasteiger partial charge on any atom is 0.470 e. The number of aromatic nitrogens is 2. The minimum Gasteiger partial charge on any atom is -0.411 e. The Bertz CT molecular complexity index is 1080. The lowest BCUT2D eigenvalue weighted by atomic mass is 10.2. The van der Waals surface area contributed by atoms with Gasteiger partial charge in [0.25, 0.3) is 5.55 Å². The van der Waals surface area contributed by atoms with Crippen molar-refractivity contribution in [3.63, 3.8) is 0 Å². The molecule has 0 bridgehead atoms. The smallest absolute Gasteiger partial charge is 0.411 e. The van der Waals surface area contributed by atoms with Crippen molar-refractivity contribution >= 4 is 11.4 Å². The molecule has 0 N–H and O–H groups in total. The molecule has 140 valence electrons. The lowest BCUT2D eigenvalue weighted by molar-refractivity contribution is -0.161. The van der Waals surface area contributed by atoms with Crippen molar-refractivity contribution in [3.05, 3.63) is 76.6 Å². The van der Waals surface area contributed by atoms with Gasteiger partial charge in [-0.2, -0.15) is 13.2 Å². The van der Waals surface area contributed by atoms with Gasteiger partial charge in [-0.3, -0.25) is 0 Å². The first-order chi connectivity index (χ1) is 12.7. The van der Waals surface area contributed by atoms with E-state index >= 15 is 0 Å². The Kier molecular flexibility index (Phi) is 4.98. The van der Waals surface area contributed by atoms with Crippen LogP contribution in [0.4, 0.5) is 24.5 Å². The minimum atomic E-state index is -4.74. The first kappa shape index (κ1) is 18.6. The van der Waals surface area contributed by atoms with Crippen LogP contribution in [0.25, 0.3) is 0 Å². The van der Waals surface area contributed by atoms with Gasteiger partial charge in [-0.1, -0.05) is 35.4 Å². The maximum atomic E-state index is 13.1. The van der Waals surface area contributed by atoms with Crippen molar-refractivity contribution in [1.82, 2.24) is 9.78 Å². The molecule has 0 saturated heterocycles. The van der Waals surface area contributed by atoms with Crippen LogP contribution < -0.4 is 11.0 Å². The van der Waals surface area contributed by atoms with Crippen molar-refractivity contribution in [1.29, 1.82) is 0 Å². The van der Waals surface area contributed by atoms with Gasteiger partial charge in [0, 0.05) is 7.05 Å². The quantitative estimate of drug-likeness (QED) is 0.678. The number of hydrogen-bond acceptors (Lipinski definition) is 4. The van der Waals surface area contributed by atoms with E-state index in [2.05, 4.69) is 15.1 Å². The van der Waals surface area contributed by atoms with E-state index in [1.165, 1.54) is 7.05 Å². The van der Waals surface area contributed by atoms with Crippen LogP contribution in [0.3, 0.4) is 0 Å². The summed E-state index contributed by atoms with van der Waals surface area (Å²) in [6, 6.07) is 14.2. The molecule has 0 radical (unpaired) electrons. The molecule has 3 rings (SSSR count). The Balaban J connectivity index is 2.28. The Hall–Kier alpha value is -3.16. The number of benzene rings is 2. The summed E-state index contributed by atoms with van der Waals surface area (Å²) in [5, 5.41) is 3.45. The number of hydrogen-bond donors (Lipinski definition) is 0. The SMILES string of the molecule is Cc1ccc(N=c2oc(C(F)(F)F)nn(C)c2=Nc2ccc(C)cc2)cc1. The van der Waals surface area contributed by atoms with E-state index in [0.717, 1.165) is 15.8 Å². The Morgan fingerprint density at radius 2 is 1.33 bits per heavy atom. The molecule has 0 unspecified atom stereocenters. The van der Waals surface area contributed by atoms with Gasteiger partial charge in [0.05, 0.1) is 11.4 Å². The molecule has 3 aromatic rings. The predicted molar refractivity (Wildman–Crippen MR) is 93.3 cm³/mol. The zero-order chi connectivity index (χ0) is 19.6. The van der Waals surface area contributed by atoms with E-state index in [1.807, 2.05) is 38.1 Å². The summed E-state index contributed by atoms with van der Waals surface area (Å²) in [4.78, 5) is 8.57. The van der Waals surface area contributed by atoms with Crippen LogP contribution >= 0.6 is 0 Å². The van der Waals surface area contributed by atoms with Crippen LogP contribution in [0, 0.1) is 13.8 Å². The molecule has 2 aromatic carbocycles. The molecule has 0 amide bonds. The molecule has 0 aliphatic carbocycles. The molecule has 0 atom stereocenters. The van der Waals surface area contributed by atoms with Gasteiger partial charge in [0.15, 0.2) is 0 Å². The molecule has 1 aromatic heterocycles. The van der Waals surface area contributed by atoms with Crippen molar-refractivity contribution < 1.29 is 17.6 Å². The predicted octanol–water partition coefficient (Wildman–Crippen LogP) is 4.11. The number of aryl methyl sites for hydroxylation is 3. The summed E-state index contributed by atoms with van der Waals surface area (Å²) >= 11 is 0. The van der Waals surface area contributed by atoms with E-state index < -0.39 is 12.1 Å². The molecule has 0 saturated carbocycles. The van der Waals surface area contributed by atoms with E-state index in [0.29, 0.717) is 11.4 Å². The Morgan fingerprint density at radius 3 is 1.81 bits per heavy atom. The van der Waals surface area contributed by atoms with Gasteiger partial charge >= 0.3 is 12.1 Å². The van der Waals surface area contributed by atoms with Crippen molar-refractivity contribution in [2.24, 2.45) is 17.0 Å². The molecule has 8 heteroatoms. The van der Waals surface area contributed by atoms with Crippen LogP contribution in [0.15, 0.2) is 62.9 Å². The third-order valence-corrected chi connectivity index (χ3v) is 3.71. The standard InChI is InChI=1S/C19H17F3N4O/c1-12-4-8-14(9-5-12)23-16-17(24-15-10-6-13(2)7-11-15)27-18(19(20,21)22)25-26(16)3/h4-11H,1-3H3. The van der Waals surface area contributed by atoms with Crippen LogP contribution in [-0.4, -0.2) is 9.78 Å². The van der Waals surface area contributed by atoms with Crippen molar-refractivity contribution in [3.8, 4) is 0 Å². The summed E-state index contributed by atoms with van der Waals surface area (Å²) in [6.07, 6.45) is -4.74. The van der Waals surface area contributed by atoms with E-state index in [1.54, 1.807) is 24.3 Å². The third-order valence-electron chi connectivity index (χ3n) is 3.71. The van der Waals surface area contributed by atoms with Gasteiger partial charge in [-0.15, -0.1) is 5.10 Å².